The molecular formula is C14H13ClN6OS. The van der Waals surface area contributed by atoms with E-state index in [0.717, 1.165) is 10.6 Å². The number of nitrogens with one attached hydrogen (secondary N) is 2. The predicted octanol–water partition coefficient (Wildman–Crippen LogP) is 2.38. The molecule has 0 fully saturated rings. The lowest BCUT2D eigenvalue weighted by molar-refractivity contribution is 0.240. The summed E-state index contributed by atoms with van der Waals surface area (Å²) in [6, 6.07) is 10.8. The zero-order valence-corrected chi connectivity index (χ0v) is 13.5. The molecule has 2 N–H and O–H groups in total. The number of hydrogen-bond acceptors (Lipinski definition) is 5. The Balaban J connectivity index is 1.57. The second-order valence-electron chi connectivity index (χ2n) is 4.60. The van der Waals surface area contributed by atoms with Crippen LogP contribution >= 0.6 is 22.9 Å². The van der Waals surface area contributed by atoms with Crippen LogP contribution in [-0.4, -0.2) is 26.2 Å². The van der Waals surface area contributed by atoms with E-state index in [1.807, 2.05) is 17.5 Å². The van der Waals surface area contributed by atoms with Crippen molar-refractivity contribution in [3.8, 4) is 5.69 Å². The number of amides is 2. The SMILES string of the molecule is O=C(NCc1cccs1)NCc1nnnn1-c1ccc(Cl)cc1. The van der Waals surface area contributed by atoms with Crippen LogP contribution < -0.4 is 10.6 Å². The largest absolute Gasteiger partial charge is 0.333 e. The van der Waals surface area contributed by atoms with Crippen LogP contribution in [0.2, 0.25) is 5.02 Å². The number of benzene rings is 1. The molecule has 23 heavy (non-hydrogen) atoms. The van der Waals surface area contributed by atoms with E-state index < -0.39 is 0 Å². The molecule has 0 saturated carbocycles. The zero-order valence-electron chi connectivity index (χ0n) is 11.9. The lowest BCUT2D eigenvalue weighted by atomic mass is 10.3. The summed E-state index contributed by atoms with van der Waals surface area (Å²) < 4.78 is 1.55. The average Bonchev–Trinajstić information content (AvgIpc) is 3.23. The Bertz CT molecular complexity index is 771. The summed E-state index contributed by atoms with van der Waals surface area (Å²) in [5.74, 6) is 0.526. The van der Waals surface area contributed by atoms with Gasteiger partial charge in [-0.05, 0) is 46.1 Å². The van der Waals surface area contributed by atoms with Gasteiger partial charge in [0.25, 0.3) is 0 Å². The highest BCUT2D eigenvalue weighted by atomic mass is 35.5. The lowest BCUT2D eigenvalue weighted by Gasteiger charge is -2.07. The van der Waals surface area contributed by atoms with Gasteiger partial charge >= 0.3 is 6.03 Å². The minimum absolute atomic E-state index is 0.214. The van der Waals surface area contributed by atoms with Crippen molar-refractivity contribution in [1.82, 2.24) is 30.8 Å². The molecule has 0 aliphatic carbocycles. The monoisotopic (exact) mass is 348 g/mol. The summed E-state index contributed by atoms with van der Waals surface area (Å²) in [5, 5.41) is 19.6. The van der Waals surface area contributed by atoms with Gasteiger partial charge in [0, 0.05) is 9.90 Å². The predicted molar refractivity (Wildman–Crippen MR) is 87.6 cm³/mol. The van der Waals surface area contributed by atoms with Crippen LogP contribution in [0.15, 0.2) is 41.8 Å². The second-order valence-corrected chi connectivity index (χ2v) is 6.07. The standard InChI is InChI=1S/C14H13ClN6OS/c15-10-3-5-11(6-4-10)21-13(18-19-20-21)9-17-14(22)16-8-12-2-1-7-23-12/h1-7H,8-9H2,(H2,16,17,22). The number of nitrogens with zero attached hydrogens (tertiary/aromatic N) is 4. The van der Waals surface area contributed by atoms with Crippen molar-refractivity contribution in [2.75, 3.05) is 0 Å². The Hall–Kier alpha value is -2.45. The highest BCUT2D eigenvalue weighted by molar-refractivity contribution is 7.09. The second kappa shape index (κ2) is 7.21. The van der Waals surface area contributed by atoms with Gasteiger partial charge in [-0.15, -0.1) is 16.4 Å². The molecule has 0 aliphatic heterocycles. The number of halogens is 1. The molecule has 9 heteroatoms. The van der Waals surface area contributed by atoms with E-state index >= 15 is 0 Å². The molecule has 2 heterocycles. The topological polar surface area (TPSA) is 84.7 Å². The van der Waals surface area contributed by atoms with Crippen LogP contribution in [0.4, 0.5) is 4.79 Å². The van der Waals surface area contributed by atoms with Gasteiger partial charge in [-0.25, -0.2) is 4.79 Å². The highest BCUT2D eigenvalue weighted by Crippen LogP contribution is 2.13. The summed E-state index contributed by atoms with van der Waals surface area (Å²) in [6.45, 7) is 0.706. The molecule has 1 aromatic carbocycles. The van der Waals surface area contributed by atoms with E-state index in [9.17, 15) is 4.79 Å². The molecule has 3 rings (SSSR count). The fraction of sp³-hybridized carbons (Fsp3) is 0.143. The number of hydrogen-bond donors (Lipinski definition) is 2. The first kappa shape index (κ1) is 15.4. The van der Waals surface area contributed by atoms with Crippen LogP contribution in [-0.2, 0) is 13.1 Å². The molecule has 3 aromatic rings. The molecular weight excluding hydrogens is 336 g/mol. The van der Waals surface area contributed by atoms with E-state index in [2.05, 4.69) is 26.2 Å². The number of rotatable bonds is 5. The van der Waals surface area contributed by atoms with Gasteiger partial charge in [0.1, 0.15) is 0 Å². The van der Waals surface area contributed by atoms with Gasteiger partial charge in [-0.3, -0.25) is 0 Å². The molecule has 0 atom stereocenters. The fourth-order valence-electron chi connectivity index (χ4n) is 1.90. The summed E-state index contributed by atoms with van der Waals surface area (Å²) in [4.78, 5) is 12.9. The van der Waals surface area contributed by atoms with Crippen molar-refractivity contribution in [2.45, 2.75) is 13.1 Å². The number of aromatic nitrogens is 4. The van der Waals surface area contributed by atoms with E-state index in [0.29, 0.717) is 17.4 Å². The zero-order chi connectivity index (χ0) is 16.1. The van der Waals surface area contributed by atoms with Gasteiger partial charge in [-0.1, -0.05) is 17.7 Å². The van der Waals surface area contributed by atoms with Gasteiger partial charge in [0.15, 0.2) is 5.82 Å². The number of carbonyl (C=O) groups excluding carboxylic acids is 1. The number of carbonyl (C=O) groups is 1. The maximum absolute atomic E-state index is 11.8. The fourth-order valence-corrected chi connectivity index (χ4v) is 2.67. The molecule has 2 amide bonds. The van der Waals surface area contributed by atoms with Gasteiger partial charge in [-0.2, -0.15) is 4.68 Å². The summed E-state index contributed by atoms with van der Waals surface area (Å²) in [5.41, 5.74) is 0.773. The molecule has 0 saturated heterocycles. The first-order chi connectivity index (χ1) is 11.2. The quantitative estimate of drug-likeness (QED) is 0.741. The van der Waals surface area contributed by atoms with Crippen molar-refractivity contribution < 1.29 is 4.79 Å². The summed E-state index contributed by atoms with van der Waals surface area (Å²) in [6.07, 6.45) is 0. The van der Waals surface area contributed by atoms with E-state index in [-0.39, 0.29) is 12.6 Å². The smallest absolute Gasteiger partial charge is 0.315 e. The van der Waals surface area contributed by atoms with Crippen LogP contribution in [0.3, 0.4) is 0 Å². The van der Waals surface area contributed by atoms with Crippen LogP contribution in [0.1, 0.15) is 10.7 Å². The Labute approximate surface area is 141 Å². The Morgan fingerprint density at radius 2 is 1.96 bits per heavy atom. The summed E-state index contributed by atoms with van der Waals surface area (Å²) in [7, 11) is 0. The van der Waals surface area contributed by atoms with Crippen molar-refractivity contribution in [2.24, 2.45) is 0 Å². The molecule has 0 unspecified atom stereocenters. The minimum Gasteiger partial charge on any atom is -0.333 e. The van der Waals surface area contributed by atoms with Crippen molar-refractivity contribution >= 4 is 29.0 Å². The normalized spacial score (nSPS) is 10.5. The maximum atomic E-state index is 11.8. The molecule has 0 bridgehead atoms. The van der Waals surface area contributed by atoms with E-state index in [1.165, 1.54) is 0 Å². The molecule has 7 nitrogen and oxygen atoms in total. The molecule has 118 valence electrons. The minimum atomic E-state index is -0.274. The molecule has 0 radical (unpaired) electrons. The highest BCUT2D eigenvalue weighted by Gasteiger charge is 2.09. The molecule has 0 aliphatic rings. The number of tetrazole rings is 1. The van der Waals surface area contributed by atoms with Gasteiger partial charge in [0.2, 0.25) is 0 Å². The van der Waals surface area contributed by atoms with Gasteiger partial charge in [0.05, 0.1) is 18.8 Å². The lowest BCUT2D eigenvalue weighted by Crippen LogP contribution is -2.35. The number of thiophene rings is 1. The van der Waals surface area contributed by atoms with Gasteiger partial charge < -0.3 is 10.6 Å². The van der Waals surface area contributed by atoms with E-state index in [1.54, 1.807) is 40.3 Å². The van der Waals surface area contributed by atoms with E-state index in [4.69, 9.17) is 11.6 Å². The first-order valence-electron chi connectivity index (χ1n) is 6.79. The molecule has 0 spiro atoms. The Morgan fingerprint density at radius 1 is 1.17 bits per heavy atom. The maximum Gasteiger partial charge on any atom is 0.315 e. The summed E-state index contributed by atoms with van der Waals surface area (Å²) >= 11 is 7.46. The third-order valence-electron chi connectivity index (χ3n) is 3.02. The van der Waals surface area contributed by atoms with Crippen molar-refractivity contribution in [3.63, 3.8) is 0 Å². The first-order valence-corrected chi connectivity index (χ1v) is 8.05. The van der Waals surface area contributed by atoms with Crippen LogP contribution in [0.25, 0.3) is 5.69 Å². The van der Waals surface area contributed by atoms with Crippen molar-refractivity contribution in [3.05, 3.63) is 57.5 Å². The Morgan fingerprint density at radius 3 is 2.70 bits per heavy atom. The van der Waals surface area contributed by atoms with Crippen molar-refractivity contribution in [1.29, 1.82) is 0 Å². The van der Waals surface area contributed by atoms with Crippen LogP contribution in [0.5, 0.6) is 0 Å². The van der Waals surface area contributed by atoms with Crippen LogP contribution in [0, 0.1) is 0 Å². The Kier molecular flexibility index (Phi) is 4.84. The average molecular weight is 349 g/mol. The third-order valence-corrected chi connectivity index (χ3v) is 4.14. The molecule has 2 aromatic heterocycles. The number of urea groups is 1. The third kappa shape index (κ3) is 4.05.